The minimum Gasteiger partial charge on any atom is -0.299 e. The predicted octanol–water partition coefficient (Wildman–Crippen LogP) is 2.81. The summed E-state index contributed by atoms with van der Waals surface area (Å²) in [5, 5.41) is 0. The monoisotopic (exact) mass is 178 g/mol. The van der Waals surface area contributed by atoms with Crippen molar-refractivity contribution in [3.8, 4) is 0 Å². The van der Waals surface area contributed by atoms with Crippen LogP contribution in [0.1, 0.15) is 33.6 Å². The Morgan fingerprint density at radius 3 is 2.69 bits per heavy atom. The molecule has 0 aromatic rings. The fourth-order valence-electron chi connectivity index (χ4n) is 2.83. The molecule has 2 aliphatic carbocycles. The molecule has 2 aliphatic rings. The van der Waals surface area contributed by atoms with Gasteiger partial charge in [-0.15, -0.1) is 0 Å². The Morgan fingerprint density at radius 1 is 1.46 bits per heavy atom. The molecule has 0 spiro atoms. The average Bonchev–Trinajstić information content (AvgIpc) is 2.05. The Balaban J connectivity index is 2.21. The molecule has 1 fully saturated rings. The highest BCUT2D eigenvalue weighted by atomic mass is 16.1. The van der Waals surface area contributed by atoms with Crippen LogP contribution in [0.15, 0.2) is 11.6 Å². The lowest BCUT2D eigenvalue weighted by Crippen LogP contribution is -2.46. The molecule has 0 aromatic heterocycles. The SMILES string of the molecule is CC1=CC[C@H](C(C)C)[C@H]2C(=O)C[C@@H]12. The van der Waals surface area contributed by atoms with E-state index in [1.807, 2.05) is 0 Å². The number of rotatable bonds is 1. The molecule has 2 rings (SSSR count). The zero-order valence-corrected chi connectivity index (χ0v) is 8.71. The molecule has 0 N–H and O–H groups in total. The molecule has 72 valence electrons. The molecule has 0 saturated heterocycles. The number of carbonyl (C=O) groups is 1. The minimum absolute atomic E-state index is 0.380. The number of ketones is 1. The lowest BCUT2D eigenvalue weighted by atomic mass is 9.57. The fraction of sp³-hybridized carbons (Fsp3) is 0.750. The Hall–Kier alpha value is -0.590. The van der Waals surface area contributed by atoms with Gasteiger partial charge in [-0.3, -0.25) is 4.79 Å². The van der Waals surface area contributed by atoms with E-state index >= 15 is 0 Å². The van der Waals surface area contributed by atoms with Crippen LogP contribution in [0.4, 0.5) is 0 Å². The Morgan fingerprint density at radius 2 is 2.15 bits per heavy atom. The summed E-state index contributed by atoms with van der Waals surface area (Å²) in [7, 11) is 0. The van der Waals surface area contributed by atoms with Crippen molar-refractivity contribution in [1.82, 2.24) is 0 Å². The van der Waals surface area contributed by atoms with Crippen LogP contribution < -0.4 is 0 Å². The van der Waals surface area contributed by atoms with Gasteiger partial charge >= 0.3 is 0 Å². The van der Waals surface area contributed by atoms with Crippen molar-refractivity contribution in [1.29, 1.82) is 0 Å². The molecular formula is C12H18O. The summed E-state index contributed by atoms with van der Waals surface area (Å²) in [4.78, 5) is 11.5. The molecule has 0 radical (unpaired) electrons. The Labute approximate surface area is 80.2 Å². The number of hydrogen-bond acceptors (Lipinski definition) is 1. The van der Waals surface area contributed by atoms with Crippen molar-refractivity contribution >= 4 is 5.78 Å². The van der Waals surface area contributed by atoms with Crippen molar-refractivity contribution in [2.45, 2.75) is 33.6 Å². The third kappa shape index (κ3) is 1.25. The first-order chi connectivity index (χ1) is 6.11. The molecule has 0 unspecified atom stereocenters. The molecule has 1 heteroatoms. The number of carbonyl (C=O) groups excluding carboxylic acids is 1. The molecule has 0 heterocycles. The van der Waals surface area contributed by atoms with Crippen molar-refractivity contribution in [3.63, 3.8) is 0 Å². The van der Waals surface area contributed by atoms with Crippen molar-refractivity contribution in [2.24, 2.45) is 23.7 Å². The molecule has 13 heavy (non-hydrogen) atoms. The van der Waals surface area contributed by atoms with Gasteiger partial charge in [0.25, 0.3) is 0 Å². The molecule has 0 aromatic carbocycles. The first-order valence-electron chi connectivity index (χ1n) is 5.30. The van der Waals surface area contributed by atoms with Crippen LogP contribution in [0, 0.1) is 23.7 Å². The predicted molar refractivity (Wildman–Crippen MR) is 53.3 cm³/mol. The lowest BCUT2D eigenvalue weighted by Gasteiger charge is -2.45. The summed E-state index contributed by atoms with van der Waals surface area (Å²) in [6, 6.07) is 0. The smallest absolute Gasteiger partial charge is 0.137 e. The van der Waals surface area contributed by atoms with E-state index in [0.29, 0.717) is 29.5 Å². The van der Waals surface area contributed by atoms with Gasteiger partial charge in [0.2, 0.25) is 0 Å². The zero-order chi connectivity index (χ0) is 9.59. The normalized spacial score (nSPS) is 38.3. The van der Waals surface area contributed by atoms with E-state index in [9.17, 15) is 4.79 Å². The fourth-order valence-corrected chi connectivity index (χ4v) is 2.83. The molecule has 0 bridgehead atoms. The van der Waals surface area contributed by atoms with Gasteiger partial charge in [-0.1, -0.05) is 25.5 Å². The second kappa shape index (κ2) is 2.97. The maximum absolute atomic E-state index is 11.5. The van der Waals surface area contributed by atoms with Gasteiger partial charge in [0, 0.05) is 12.3 Å². The topological polar surface area (TPSA) is 17.1 Å². The van der Waals surface area contributed by atoms with Crippen molar-refractivity contribution < 1.29 is 4.79 Å². The average molecular weight is 178 g/mol. The first-order valence-corrected chi connectivity index (χ1v) is 5.30. The van der Waals surface area contributed by atoms with E-state index < -0.39 is 0 Å². The third-order valence-corrected chi connectivity index (χ3v) is 3.84. The van der Waals surface area contributed by atoms with E-state index in [-0.39, 0.29) is 0 Å². The Kier molecular flexibility index (Phi) is 2.05. The van der Waals surface area contributed by atoms with Crippen molar-refractivity contribution in [2.75, 3.05) is 0 Å². The highest BCUT2D eigenvalue weighted by molar-refractivity contribution is 5.89. The van der Waals surface area contributed by atoms with Crippen LogP contribution >= 0.6 is 0 Å². The van der Waals surface area contributed by atoms with E-state index in [1.165, 1.54) is 5.57 Å². The van der Waals surface area contributed by atoms with Crippen LogP contribution in [-0.4, -0.2) is 5.78 Å². The summed E-state index contributed by atoms with van der Waals surface area (Å²) in [6.07, 6.45) is 4.28. The summed E-state index contributed by atoms with van der Waals surface area (Å²) in [5.74, 6) is 2.77. The highest BCUT2D eigenvalue weighted by Gasteiger charge is 2.47. The molecule has 1 nitrogen and oxygen atoms in total. The second-order valence-electron chi connectivity index (χ2n) is 4.89. The van der Waals surface area contributed by atoms with Gasteiger partial charge in [-0.25, -0.2) is 0 Å². The van der Waals surface area contributed by atoms with Crippen LogP contribution in [0.3, 0.4) is 0 Å². The summed E-state index contributed by atoms with van der Waals surface area (Å²) in [5.41, 5.74) is 1.46. The molecule has 3 atom stereocenters. The first kappa shape index (κ1) is 8.98. The summed E-state index contributed by atoms with van der Waals surface area (Å²) in [6.45, 7) is 6.66. The Bertz CT molecular complexity index is 262. The quantitative estimate of drug-likeness (QED) is 0.564. The summed E-state index contributed by atoms with van der Waals surface area (Å²) >= 11 is 0. The number of allylic oxidation sites excluding steroid dienone is 2. The minimum atomic E-state index is 0.380. The molecule has 0 aliphatic heterocycles. The largest absolute Gasteiger partial charge is 0.299 e. The van der Waals surface area contributed by atoms with E-state index in [0.717, 1.165) is 12.8 Å². The third-order valence-electron chi connectivity index (χ3n) is 3.84. The van der Waals surface area contributed by atoms with Gasteiger partial charge in [0.05, 0.1) is 0 Å². The number of hydrogen-bond donors (Lipinski definition) is 0. The zero-order valence-electron chi connectivity index (χ0n) is 8.71. The van der Waals surface area contributed by atoms with Crippen LogP contribution in [0.2, 0.25) is 0 Å². The van der Waals surface area contributed by atoms with Crippen LogP contribution in [0.5, 0.6) is 0 Å². The van der Waals surface area contributed by atoms with E-state index in [2.05, 4.69) is 26.8 Å². The van der Waals surface area contributed by atoms with E-state index in [4.69, 9.17) is 0 Å². The van der Waals surface area contributed by atoms with Gasteiger partial charge in [-0.2, -0.15) is 0 Å². The van der Waals surface area contributed by atoms with Crippen molar-refractivity contribution in [3.05, 3.63) is 11.6 Å². The van der Waals surface area contributed by atoms with Gasteiger partial charge < -0.3 is 0 Å². The molecular weight excluding hydrogens is 160 g/mol. The number of fused-ring (bicyclic) bond motifs is 1. The maximum atomic E-state index is 11.5. The van der Waals surface area contributed by atoms with Crippen LogP contribution in [0.25, 0.3) is 0 Å². The standard InChI is InChI=1S/C12H18O/c1-7(2)9-5-4-8(3)10-6-11(13)12(9)10/h4,7,9-10,12H,5-6H2,1-3H3/t9-,10+,12-/m1/s1. The van der Waals surface area contributed by atoms with Gasteiger partial charge in [-0.05, 0) is 31.1 Å². The maximum Gasteiger partial charge on any atom is 0.137 e. The van der Waals surface area contributed by atoms with Gasteiger partial charge in [0.15, 0.2) is 0 Å². The van der Waals surface area contributed by atoms with E-state index in [1.54, 1.807) is 0 Å². The summed E-state index contributed by atoms with van der Waals surface area (Å²) < 4.78 is 0. The van der Waals surface area contributed by atoms with Gasteiger partial charge in [0.1, 0.15) is 5.78 Å². The second-order valence-corrected chi connectivity index (χ2v) is 4.89. The molecule has 1 saturated carbocycles. The number of Topliss-reactive ketones (excluding diaryl/α,β-unsaturated/α-hetero) is 1. The highest BCUT2D eigenvalue weighted by Crippen LogP contribution is 2.48. The molecule has 0 amide bonds. The lowest BCUT2D eigenvalue weighted by molar-refractivity contribution is -0.137. The van der Waals surface area contributed by atoms with Crippen LogP contribution in [-0.2, 0) is 4.79 Å².